The van der Waals surface area contributed by atoms with Gasteiger partial charge in [-0.15, -0.1) is 0 Å². The van der Waals surface area contributed by atoms with Gasteiger partial charge in [-0.05, 0) is 36.8 Å². The minimum absolute atomic E-state index is 0.840. The van der Waals surface area contributed by atoms with Crippen LogP contribution in [0.25, 0.3) is 0 Å². The molecule has 0 bridgehead atoms. The van der Waals surface area contributed by atoms with Crippen molar-refractivity contribution in [3.63, 3.8) is 0 Å². The number of anilines is 1. The first-order chi connectivity index (χ1) is 8.72. The molecular weight excluding hydrogens is 222 g/mol. The summed E-state index contributed by atoms with van der Waals surface area (Å²) in [7, 11) is 1.95. The highest BCUT2D eigenvalue weighted by atomic mass is 15.3. The molecule has 3 heteroatoms. The van der Waals surface area contributed by atoms with Crippen LogP contribution in [0.5, 0.6) is 0 Å². The van der Waals surface area contributed by atoms with Crippen LogP contribution in [0.15, 0.2) is 30.5 Å². The average Bonchev–Trinajstić information content (AvgIpc) is 3.14. The van der Waals surface area contributed by atoms with Crippen LogP contribution in [0.1, 0.15) is 35.6 Å². The van der Waals surface area contributed by atoms with E-state index in [0.29, 0.717) is 0 Å². The van der Waals surface area contributed by atoms with Gasteiger partial charge in [0.05, 0.1) is 11.4 Å². The fourth-order valence-electron chi connectivity index (χ4n) is 2.29. The minimum atomic E-state index is 0.840. The molecule has 1 aromatic heterocycles. The fourth-order valence-corrected chi connectivity index (χ4v) is 2.29. The van der Waals surface area contributed by atoms with Crippen molar-refractivity contribution in [1.29, 1.82) is 0 Å². The van der Waals surface area contributed by atoms with Gasteiger partial charge in [-0.25, -0.2) is 0 Å². The third kappa shape index (κ3) is 2.40. The largest absolute Gasteiger partial charge is 0.378 e. The fraction of sp³-hybridized carbons (Fsp3) is 0.400. The Kier molecular flexibility index (Phi) is 2.82. The molecule has 3 rings (SSSR count). The molecule has 3 nitrogen and oxygen atoms in total. The number of aryl methyl sites for hydroxylation is 2. The van der Waals surface area contributed by atoms with Gasteiger partial charge in [-0.3, -0.25) is 4.68 Å². The van der Waals surface area contributed by atoms with Crippen molar-refractivity contribution in [3.8, 4) is 0 Å². The molecule has 1 aliphatic rings. The summed E-state index contributed by atoms with van der Waals surface area (Å²) in [6.45, 7) is 2.88. The Morgan fingerprint density at radius 2 is 2.00 bits per heavy atom. The zero-order valence-corrected chi connectivity index (χ0v) is 11.0. The average molecular weight is 241 g/mol. The molecule has 0 atom stereocenters. The molecular formula is C15H19N3. The maximum absolute atomic E-state index is 4.32. The van der Waals surface area contributed by atoms with Gasteiger partial charge in [0.2, 0.25) is 0 Å². The quantitative estimate of drug-likeness (QED) is 0.890. The summed E-state index contributed by atoms with van der Waals surface area (Å²) in [6, 6.07) is 8.99. The molecule has 1 saturated carbocycles. The van der Waals surface area contributed by atoms with Crippen LogP contribution in [0.3, 0.4) is 0 Å². The SMILES string of the molecule is Cc1nn(C)cc1NCc1ccc(C2CC2)cc1. The van der Waals surface area contributed by atoms with Crippen molar-refractivity contribution in [2.45, 2.75) is 32.2 Å². The van der Waals surface area contributed by atoms with Crippen LogP contribution in [0, 0.1) is 6.92 Å². The lowest BCUT2D eigenvalue weighted by Gasteiger charge is -2.06. The van der Waals surface area contributed by atoms with E-state index >= 15 is 0 Å². The highest BCUT2D eigenvalue weighted by Gasteiger charge is 2.22. The molecule has 0 saturated heterocycles. The highest BCUT2D eigenvalue weighted by molar-refractivity contribution is 5.46. The van der Waals surface area contributed by atoms with Gasteiger partial charge in [0.1, 0.15) is 0 Å². The smallest absolute Gasteiger partial charge is 0.0825 e. The van der Waals surface area contributed by atoms with Gasteiger partial charge >= 0.3 is 0 Å². The Bertz CT molecular complexity index is 535. The van der Waals surface area contributed by atoms with E-state index in [2.05, 4.69) is 34.7 Å². The van der Waals surface area contributed by atoms with Gasteiger partial charge in [-0.1, -0.05) is 24.3 Å². The van der Waals surface area contributed by atoms with Crippen LogP contribution < -0.4 is 5.32 Å². The Morgan fingerprint density at radius 1 is 1.28 bits per heavy atom. The first kappa shape index (κ1) is 11.3. The van der Waals surface area contributed by atoms with Gasteiger partial charge in [0, 0.05) is 19.8 Å². The lowest BCUT2D eigenvalue weighted by Crippen LogP contribution is -1.99. The first-order valence-electron chi connectivity index (χ1n) is 6.55. The third-order valence-corrected chi connectivity index (χ3v) is 3.52. The summed E-state index contributed by atoms with van der Waals surface area (Å²) in [6.07, 6.45) is 4.76. The summed E-state index contributed by atoms with van der Waals surface area (Å²) >= 11 is 0. The second-order valence-electron chi connectivity index (χ2n) is 5.17. The zero-order valence-electron chi connectivity index (χ0n) is 11.0. The Balaban J connectivity index is 1.63. The molecule has 2 aromatic rings. The predicted octanol–water partition coefficient (Wildman–Crippen LogP) is 3.22. The molecule has 0 radical (unpaired) electrons. The second-order valence-corrected chi connectivity index (χ2v) is 5.17. The number of aromatic nitrogens is 2. The van der Waals surface area contributed by atoms with E-state index in [9.17, 15) is 0 Å². The Hall–Kier alpha value is -1.77. The molecule has 0 unspecified atom stereocenters. The summed E-state index contributed by atoms with van der Waals surface area (Å²) in [4.78, 5) is 0. The number of nitrogens with zero attached hydrogens (tertiary/aromatic N) is 2. The second kappa shape index (κ2) is 4.48. The van der Waals surface area contributed by atoms with Gasteiger partial charge in [0.15, 0.2) is 0 Å². The van der Waals surface area contributed by atoms with E-state index < -0.39 is 0 Å². The molecule has 94 valence electrons. The van der Waals surface area contributed by atoms with Crippen molar-refractivity contribution >= 4 is 5.69 Å². The number of hydrogen-bond acceptors (Lipinski definition) is 2. The van der Waals surface area contributed by atoms with Crippen LogP contribution >= 0.6 is 0 Å². The van der Waals surface area contributed by atoms with E-state index in [1.54, 1.807) is 0 Å². The van der Waals surface area contributed by atoms with E-state index in [4.69, 9.17) is 0 Å². The zero-order chi connectivity index (χ0) is 12.5. The molecule has 1 aromatic carbocycles. The summed E-state index contributed by atoms with van der Waals surface area (Å²) < 4.78 is 1.84. The van der Waals surface area contributed by atoms with E-state index in [1.807, 2.05) is 24.9 Å². The lowest BCUT2D eigenvalue weighted by molar-refractivity contribution is 0.756. The Labute approximate surface area is 108 Å². The van der Waals surface area contributed by atoms with Crippen molar-refractivity contribution in [2.75, 3.05) is 5.32 Å². The monoisotopic (exact) mass is 241 g/mol. The van der Waals surface area contributed by atoms with Gasteiger partial charge < -0.3 is 5.32 Å². The first-order valence-corrected chi connectivity index (χ1v) is 6.55. The van der Waals surface area contributed by atoms with E-state index in [1.165, 1.54) is 24.0 Å². The van der Waals surface area contributed by atoms with Gasteiger partial charge in [0.25, 0.3) is 0 Å². The van der Waals surface area contributed by atoms with Crippen molar-refractivity contribution in [1.82, 2.24) is 9.78 Å². The Morgan fingerprint density at radius 3 is 2.56 bits per heavy atom. The number of hydrogen-bond donors (Lipinski definition) is 1. The van der Waals surface area contributed by atoms with Crippen LogP contribution in [-0.4, -0.2) is 9.78 Å². The molecule has 1 fully saturated rings. The van der Waals surface area contributed by atoms with Crippen molar-refractivity contribution in [2.24, 2.45) is 7.05 Å². The van der Waals surface area contributed by atoms with Crippen molar-refractivity contribution < 1.29 is 0 Å². The lowest BCUT2D eigenvalue weighted by atomic mass is 10.1. The summed E-state index contributed by atoms with van der Waals surface area (Å²) in [5.74, 6) is 0.840. The standard InChI is InChI=1S/C15H19N3/c1-11-15(10-18(2)17-11)16-9-12-3-5-13(6-4-12)14-7-8-14/h3-6,10,14,16H,7-9H2,1-2H3. The minimum Gasteiger partial charge on any atom is -0.378 e. The number of nitrogens with one attached hydrogen (secondary N) is 1. The molecule has 1 aliphatic carbocycles. The molecule has 0 aliphatic heterocycles. The number of rotatable bonds is 4. The van der Waals surface area contributed by atoms with Crippen LogP contribution in [0.4, 0.5) is 5.69 Å². The molecule has 1 N–H and O–H groups in total. The van der Waals surface area contributed by atoms with Crippen LogP contribution in [-0.2, 0) is 13.6 Å². The summed E-state index contributed by atoms with van der Waals surface area (Å²) in [5, 5.41) is 7.75. The predicted molar refractivity (Wildman–Crippen MR) is 73.7 cm³/mol. The van der Waals surface area contributed by atoms with E-state index in [-0.39, 0.29) is 0 Å². The third-order valence-electron chi connectivity index (χ3n) is 3.52. The van der Waals surface area contributed by atoms with Crippen LogP contribution in [0.2, 0.25) is 0 Å². The van der Waals surface area contributed by atoms with E-state index in [0.717, 1.165) is 23.8 Å². The summed E-state index contributed by atoms with van der Waals surface area (Å²) in [5.41, 5.74) is 4.98. The molecule has 18 heavy (non-hydrogen) atoms. The molecule has 1 heterocycles. The molecule has 0 amide bonds. The maximum Gasteiger partial charge on any atom is 0.0825 e. The number of benzene rings is 1. The van der Waals surface area contributed by atoms with Gasteiger partial charge in [-0.2, -0.15) is 5.10 Å². The topological polar surface area (TPSA) is 29.9 Å². The van der Waals surface area contributed by atoms with Crippen molar-refractivity contribution in [3.05, 3.63) is 47.3 Å². The normalized spacial score (nSPS) is 14.8. The highest BCUT2D eigenvalue weighted by Crippen LogP contribution is 2.39. The maximum atomic E-state index is 4.32. The molecule has 0 spiro atoms.